The number of benzene rings is 2. The van der Waals surface area contributed by atoms with E-state index in [1.807, 2.05) is 30.3 Å². The first kappa shape index (κ1) is 15.6. The summed E-state index contributed by atoms with van der Waals surface area (Å²) >= 11 is 3.33. The molecular formula is C18H11BrN4O2. The third kappa shape index (κ3) is 2.83. The predicted octanol–water partition coefficient (Wildman–Crippen LogP) is 2.83. The summed E-state index contributed by atoms with van der Waals surface area (Å²) in [4.78, 5) is 29.3. The highest BCUT2D eigenvalue weighted by atomic mass is 79.9. The van der Waals surface area contributed by atoms with E-state index in [9.17, 15) is 9.59 Å². The molecule has 7 heteroatoms. The number of carbonyl (C=O) groups excluding carboxylic acids is 1. The number of Topliss-reactive ketones (excluding diaryl/α,β-unsaturated/α-hetero) is 1. The van der Waals surface area contributed by atoms with E-state index >= 15 is 0 Å². The molecule has 0 spiro atoms. The quantitative estimate of drug-likeness (QED) is 0.394. The van der Waals surface area contributed by atoms with Gasteiger partial charge >= 0.3 is 0 Å². The molecule has 0 saturated heterocycles. The Bertz CT molecular complexity index is 1190. The zero-order valence-corrected chi connectivity index (χ0v) is 14.5. The lowest BCUT2D eigenvalue weighted by molar-refractivity contribution is 0.0991. The predicted molar refractivity (Wildman–Crippen MR) is 96.7 cm³/mol. The Kier molecular flexibility index (Phi) is 3.85. The second-order valence-electron chi connectivity index (χ2n) is 5.52. The van der Waals surface area contributed by atoms with Gasteiger partial charge < -0.3 is 0 Å². The summed E-state index contributed by atoms with van der Waals surface area (Å²) < 4.78 is 2.13. The zero-order valence-electron chi connectivity index (χ0n) is 12.9. The van der Waals surface area contributed by atoms with E-state index in [1.165, 1.54) is 10.7 Å². The molecular weight excluding hydrogens is 384 g/mol. The molecule has 2 aromatic carbocycles. The summed E-state index contributed by atoms with van der Waals surface area (Å²) in [5.41, 5.74) is 1.38. The maximum Gasteiger partial charge on any atom is 0.281 e. The van der Waals surface area contributed by atoms with Crippen molar-refractivity contribution < 1.29 is 4.79 Å². The van der Waals surface area contributed by atoms with E-state index in [1.54, 1.807) is 18.2 Å². The molecule has 0 aliphatic heterocycles. The van der Waals surface area contributed by atoms with Crippen LogP contribution in [0.4, 0.5) is 0 Å². The van der Waals surface area contributed by atoms with Gasteiger partial charge in [0.15, 0.2) is 11.4 Å². The van der Waals surface area contributed by atoms with Gasteiger partial charge in [-0.15, -0.1) is 10.2 Å². The molecule has 0 radical (unpaired) electrons. The second-order valence-corrected chi connectivity index (χ2v) is 6.43. The number of ketones is 1. The zero-order chi connectivity index (χ0) is 17.4. The van der Waals surface area contributed by atoms with Gasteiger partial charge in [-0.2, -0.15) is 0 Å². The van der Waals surface area contributed by atoms with Crippen LogP contribution < -0.4 is 5.56 Å². The molecule has 0 aliphatic rings. The van der Waals surface area contributed by atoms with Gasteiger partial charge in [-0.3, -0.25) is 9.59 Å². The van der Waals surface area contributed by atoms with Gasteiger partial charge in [0, 0.05) is 15.4 Å². The van der Waals surface area contributed by atoms with E-state index in [0.29, 0.717) is 11.2 Å². The van der Waals surface area contributed by atoms with Gasteiger partial charge in [0.1, 0.15) is 12.0 Å². The second kappa shape index (κ2) is 6.18. The molecule has 122 valence electrons. The number of aromatic nitrogens is 4. The van der Waals surface area contributed by atoms with Crippen molar-refractivity contribution in [2.75, 3.05) is 0 Å². The Balaban J connectivity index is 1.78. The third-order valence-electron chi connectivity index (χ3n) is 3.89. The van der Waals surface area contributed by atoms with E-state index in [2.05, 4.69) is 31.1 Å². The average Bonchev–Trinajstić information content (AvgIpc) is 2.63. The molecule has 0 aliphatic carbocycles. The molecule has 0 fully saturated rings. The fraction of sp³-hybridized carbons (Fsp3) is 0.0556. The van der Waals surface area contributed by atoms with Crippen molar-refractivity contribution in [2.24, 2.45) is 0 Å². The van der Waals surface area contributed by atoms with Crippen molar-refractivity contribution in [3.05, 3.63) is 80.9 Å². The molecule has 4 rings (SSSR count). The first-order chi connectivity index (χ1) is 12.1. The number of fused-ring (bicyclic) bond motifs is 3. The lowest BCUT2D eigenvalue weighted by atomic mass is 10.1. The highest BCUT2D eigenvalue weighted by Crippen LogP contribution is 2.15. The van der Waals surface area contributed by atoms with E-state index in [4.69, 9.17) is 0 Å². The number of hydrogen-bond donors (Lipinski definition) is 0. The van der Waals surface area contributed by atoms with Crippen LogP contribution >= 0.6 is 15.9 Å². The molecule has 0 N–H and O–H groups in total. The van der Waals surface area contributed by atoms with Crippen LogP contribution in [0.1, 0.15) is 16.1 Å². The topological polar surface area (TPSA) is 77.2 Å². The molecule has 4 aromatic rings. The minimum atomic E-state index is -0.383. The maximum atomic E-state index is 12.7. The number of halogens is 1. The van der Waals surface area contributed by atoms with Gasteiger partial charge in [-0.1, -0.05) is 40.2 Å². The Morgan fingerprint density at radius 2 is 1.92 bits per heavy atom. The van der Waals surface area contributed by atoms with Crippen LogP contribution in [0, 0.1) is 0 Å². The number of hydrogen-bond acceptors (Lipinski definition) is 5. The monoisotopic (exact) mass is 394 g/mol. The molecule has 6 nitrogen and oxygen atoms in total. The average molecular weight is 395 g/mol. The fourth-order valence-corrected chi connectivity index (χ4v) is 3.05. The van der Waals surface area contributed by atoms with Crippen molar-refractivity contribution in [3.8, 4) is 0 Å². The minimum Gasteiger partial charge on any atom is -0.294 e. The van der Waals surface area contributed by atoms with Crippen LogP contribution in [-0.4, -0.2) is 25.4 Å². The summed E-state index contributed by atoms with van der Waals surface area (Å²) in [6.07, 6.45) is 1.31. The van der Waals surface area contributed by atoms with Gasteiger partial charge in [0.2, 0.25) is 0 Å². The van der Waals surface area contributed by atoms with Crippen LogP contribution in [0.5, 0.6) is 0 Å². The lowest BCUT2D eigenvalue weighted by Gasteiger charge is -2.05. The van der Waals surface area contributed by atoms with Gasteiger partial charge in [0.05, 0.1) is 11.9 Å². The van der Waals surface area contributed by atoms with Crippen molar-refractivity contribution >= 4 is 38.3 Å². The van der Waals surface area contributed by atoms with Crippen LogP contribution in [0.3, 0.4) is 0 Å². The van der Waals surface area contributed by atoms with Gasteiger partial charge in [0.25, 0.3) is 5.56 Å². The summed E-state index contributed by atoms with van der Waals surface area (Å²) in [6, 6.07) is 14.4. The molecule has 0 amide bonds. The van der Waals surface area contributed by atoms with Crippen LogP contribution in [0.15, 0.2) is 64.1 Å². The van der Waals surface area contributed by atoms with E-state index in [-0.39, 0.29) is 23.5 Å². The minimum absolute atomic E-state index is 0.0968. The van der Waals surface area contributed by atoms with Crippen molar-refractivity contribution in [1.29, 1.82) is 0 Å². The molecule has 2 heterocycles. The van der Waals surface area contributed by atoms with Crippen LogP contribution in [0.25, 0.3) is 16.6 Å². The Labute approximate surface area is 150 Å². The molecule has 0 unspecified atom stereocenters. The number of carbonyl (C=O) groups is 1. The normalized spacial score (nSPS) is 11.1. The summed E-state index contributed by atoms with van der Waals surface area (Å²) in [7, 11) is 0. The third-order valence-corrected chi connectivity index (χ3v) is 4.38. The van der Waals surface area contributed by atoms with E-state index in [0.717, 1.165) is 15.4 Å². The molecule has 25 heavy (non-hydrogen) atoms. The summed E-state index contributed by atoms with van der Waals surface area (Å²) in [5.74, 6) is -0.193. The SMILES string of the molecule is O=C(Cc1nnc2c3ccccc3ncn2c1=O)c1cccc(Br)c1. The van der Waals surface area contributed by atoms with Crippen molar-refractivity contribution in [1.82, 2.24) is 19.6 Å². The number of para-hydroxylation sites is 1. The van der Waals surface area contributed by atoms with Crippen molar-refractivity contribution in [2.45, 2.75) is 6.42 Å². The van der Waals surface area contributed by atoms with Gasteiger partial charge in [-0.25, -0.2) is 9.38 Å². The smallest absolute Gasteiger partial charge is 0.281 e. The highest BCUT2D eigenvalue weighted by molar-refractivity contribution is 9.10. The Morgan fingerprint density at radius 3 is 2.76 bits per heavy atom. The van der Waals surface area contributed by atoms with Crippen molar-refractivity contribution in [3.63, 3.8) is 0 Å². The number of nitrogens with zero attached hydrogens (tertiary/aromatic N) is 4. The number of rotatable bonds is 3. The fourth-order valence-electron chi connectivity index (χ4n) is 2.65. The van der Waals surface area contributed by atoms with Crippen LogP contribution in [0.2, 0.25) is 0 Å². The molecule has 0 saturated carbocycles. The summed E-state index contributed by atoms with van der Waals surface area (Å²) in [6.45, 7) is 0. The lowest BCUT2D eigenvalue weighted by Crippen LogP contribution is -2.24. The van der Waals surface area contributed by atoms with Crippen LogP contribution in [-0.2, 0) is 6.42 Å². The Hall–Kier alpha value is -2.93. The molecule has 2 aromatic heterocycles. The maximum absolute atomic E-state index is 12.7. The highest BCUT2D eigenvalue weighted by Gasteiger charge is 2.15. The first-order valence-electron chi connectivity index (χ1n) is 7.54. The molecule has 0 bridgehead atoms. The summed E-state index contributed by atoms with van der Waals surface area (Å²) in [5, 5.41) is 8.88. The van der Waals surface area contributed by atoms with Gasteiger partial charge in [-0.05, 0) is 24.3 Å². The molecule has 0 atom stereocenters. The first-order valence-corrected chi connectivity index (χ1v) is 8.33. The standard InChI is InChI=1S/C18H11BrN4O2/c19-12-5-3-4-11(8-12)16(24)9-15-18(25)23-10-20-14-7-2-1-6-13(14)17(23)22-21-15/h1-8,10H,9H2. The Morgan fingerprint density at radius 1 is 1.08 bits per heavy atom. The largest absolute Gasteiger partial charge is 0.294 e. The van der Waals surface area contributed by atoms with E-state index < -0.39 is 0 Å².